The van der Waals surface area contributed by atoms with Crippen molar-refractivity contribution >= 4 is 34.7 Å². The number of carbonyl (C=O) groups excluding carboxylic acids is 1. The van der Waals surface area contributed by atoms with Crippen molar-refractivity contribution in [2.75, 3.05) is 11.9 Å². The van der Waals surface area contributed by atoms with Crippen LogP contribution < -0.4 is 10.6 Å². The molecular weight excluding hydrogens is 464 g/mol. The third-order valence-corrected chi connectivity index (χ3v) is 7.36. The van der Waals surface area contributed by atoms with Gasteiger partial charge in [0.15, 0.2) is 11.5 Å². The summed E-state index contributed by atoms with van der Waals surface area (Å²) < 4.78 is 1.65. The van der Waals surface area contributed by atoms with Crippen molar-refractivity contribution in [3.8, 4) is 0 Å². The summed E-state index contributed by atoms with van der Waals surface area (Å²) in [7, 11) is 1.78. The number of amides is 1. The molecule has 1 aromatic carbocycles. The summed E-state index contributed by atoms with van der Waals surface area (Å²) in [6.07, 6.45) is 5.77. The van der Waals surface area contributed by atoms with E-state index in [9.17, 15) is 24.6 Å². The van der Waals surface area contributed by atoms with Crippen LogP contribution in [0.25, 0.3) is 11.0 Å². The number of nitrogens with one attached hydrogen (secondary N) is 2. The highest BCUT2D eigenvalue weighted by molar-refractivity contribution is 6.05. The molecule has 0 saturated heterocycles. The predicted octanol–water partition coefficient (Wildman–Crippen LogP) is 2.78. The van der Waals surface area contributed by atoms with E-state index in [4.69, 9.17) is 0 Å². The molecule has 36 heavy (non-hydrogen) atoms. The predicted molar refractivity (Wildman–Crippen MR) is 130 cm³/mol. The van der Waals surface area contributed by atoms with Crippen molar-refractivity contribution in [1.82, 2.24) is 25.1 Å². The largest absolute Gasteiger partial charge is 0.481 e. The third-order valence-electron chi connectivity index (χ3n) is 7.36. The van der Waals surface area contributed by atoms with Crippen molar-refractivity contribution in [2.24, 2.45) is 18.9 Å². The van der Waals surface area contributed by atoms with Gasteiger partial charge < -0.3 is 20.8 Å². The molecule has 3 aromatic rings. The summed E-state index contributed by atoms with van der Waals surface area (Å²) in [5, 5.41) is 29.4. The maximum atomic E-state index is 13.2. The molecule has 1 fully saturated rings. The number of hydrogen-bond donors (Lipinski definition) is 4. The number of rotatable bonds is 7. The first kappa shape index (κ1) is 23.7. The van der Waals surface area contributed by atoms with Gasteiger partial charge in [-0.25, -0.2) is 14.8 Å². The second-order valence-electron chi connectivity index (χ2n) is 9.61. The van der Waals surface area contributed by atoms with E-state index in [1.807, 2.05) is 0 Å². The number of anilines is 1. The molecule has 2 aliphatic carbocycles. The van der Waals surface area contributed by atoms with E-state index in [-0.39, 0.29) is 29.1 Å². The molecule has 1 amide bonds. The van der Waals surface area contributed by atoms with E-state index < -0.39 is 11.9 Å². The van der Waals surface area contributed by atoms with Gasteiger partial charge in [0.05, 0.1) is 17.5 Å². The van der Waals surface area contributed by atoms with Gasteiger partial charge in [0.1, 0.15) is 17.4 Å². The number of aromatic carboxylic acids is 1. The molecule has 0 bridgehead atoms. The second-order valence-corrected chi connectivity index (χ2v) is 9.61. The lowest BCUT2D eigenvalue weighted by Crippen LogP contribution is -2.28. The molecule has 0 spiro atoms. The fraction of sp³-hybridized carbons (Fsp3) is 0.440. The Labute approximate surface area is 206 Å². The van der Waals surface area contributed by atoms with Gasteiger partial charge in [0.2, 0.25) is 0 Å². The number of carbonyl (C=O) groups is 3. The van der Waals surface area contributed by atoms with Crippen LogP contribution in [0.1, 0.15) is 70.1 Å². The third kappa shape index (κ3) is 4.48. The van der Waals surface area contributed by atoms with Crippen molar-refractivity contribution in [1.29, 1.82) is 0 Å². The summed E-state index contributed by atoms with van der Waals surface area (Å²) >= 11 is 0. The van der Waals surface area contributed by atoms with Crippen LogP contribution in [0.15, 0.2) is 24.5 Å². The molecular formula is C25H28N6O5. The monoisotopic (exact) mass is 492 g/mol. The minimum absolute atomic E-state index is 0.182. The molecule has 2 aliphatic rings. The first-order valence-electron chi connectivity index (χ1n) is 12.1. The summed E-state index contributed by atoms with van der Waals surface area (Å²) in [6, 6.07) is 4.75. The zero-order valence-corrected chi connectivity index (χ0v) is 19.9. The van der Waals surface area contributed by atoms with Crippen LogP contribution in [0.3, 0.4) is 0 Å². The Balaban J connectivity index is 1.30. The molecule has 0 radical (unpaired) electrons. The van der Waals surface area contributed by atoms with Gasteiger partial charge in [-0.05, 0) is 67.7 Å². The van der Waals surface area contributed by atoms with Gasteiger partial charge in [0, 0.05) is 13.6 Å². The Hall–Kier alpha value is -4.02. The van der Waals surface area contributed by atoms with Crippen LogP contribution in [-0.2, 0) is 18.3 Å². The molecule has 1 saturated carbocycles. The lowest BCUT2D eigenvalue weighted by molar-refractivity contribution is -0.143. The lowest BCUT2D eigenvalue weighted by atomic mass is 9.82. The highest BCUT2D eigenvalue weighted by atomic mass is 16.4. The van der Waals surface area contributed by atoms with Crippen LogP contribution in [0, 0.1) is 11.8 Å². The van der Waals surface area contributed by atoms with E-state index in [2.05, 4.69) is 25.7 Å². The lowest BCUT2D eigenvalue weighted by Gasteiger charge is -2.26. The number of nitrogens with zero attached hydrogens (tertiary/aromatic N) is 4. The van der Waals surface area contributed by atoms with Crippen LogP contribution in [0.5, 0.6) is 0 Å². The highest BCUT2D eigenvalue weighted by Crippen LogP contribution is 2.33. The number of carboxylic acids is 2. The number of aryl methyl sites for hydroxylation is 2. The average Bonchev–Trinajstić information content (AvgIpc) is 3.42. The van der Waals surface area contributed by atoms with Crippen LogP contribution >= 0.6 is 0 Å². The Morgan fingerprint density at radius 1 is 1.06 bits per heavy atom. The Kier molecular flexibility index (Phi) is 6.29. The van der Waals surface area contributed by atoms with Crippen molar-refractivity contribution in [3.05, 3.63) is 46.9 Å². The number of carboxylic acid groups (broad SMARTS) is 2. The van der Waals surface area contributed by atoms with E-state index in [1.54, 1.807) is 29.9 Å². The van der Waals surface area contributed by atoms with Gasteiger partial charge in [-0.15, -0.1) is 0 Å². The average molecular weight is 493 g/mol. The minimum atomic E-state index is -0.971. The van der Waals surface area contributed by atoms with Crippen LogP contribution in [0.2, 0.25) is 0 Å². The summed E-state index contributed by atoms with van der Waals surface area (Å²) in [5.74, 6) is -1.25. The molecule has 1 atom stereocenters. The highest BCUT2D eigenvalue weighted by Gasteiger charge is 2.29. The summed E-state index contributed by atoms with van der Waals surface area (Å²) in [5.41, 5.74) is 3.21. The topological polar surface area (TPSA) is 159 Å². The molecule has 2 heterocycles. The number of aliphatic carboxylic acids is 1. The number of aromatic nitrogens is 4. The maximum absolute atomic E-state index is 13.2. The first-order chi connectivity index (χ1) is 17.3. The van der Waals surface area contributed by atoms with Crippen molar-refractivity contribution < 1.29 is 24.6 Å². The zero-order valence-electron chi connectivity index (χ0n) is 19.9. The molecule has 2 aromatic heterocycles. The minimum Gasteiger partial charge on any atom is -0.481 e. The molecule has 5 rings (SSSR count). The molecule has 11 heteroatoms. The number of hydrogen-bond acceptors (Lipinski definition) is 7. The van der Waals surface area contributed by atoms with Crippen LogP contribution in [-0.4, -0.2) is 54.4 Å². The summed E-state index contributed by atoms with van der Waals surface area (Å²) in [6.45, 7) is 0.670. The maximum Gasteiger partial charge on any atom is 0.335 e. The number of benzene rings is 1. The Morgan fingerprint density at radius 3 is 2.56 bits per heavy atom. The van der Waals surface area contributed by atoms with Gasteiger partial charge in [-0.2, -0.15) is 5.10 Å². The van der Waals surface area contributed by atoms with Gasteiger partial charge in [-0.1, -0.05) is 6.07 Å². The van der Waals surface area contributed by atoms with Crippen molar-refractivity contribution in [2.45, 2.75) is 44.6 Å². The quantitative estimate of drug-likeness (QED) is 0.389. The molecule has 11 nitrogen and oxygen atoms in total. The van der Waals surface area contributed by atoms with Gasteiger partial charge in [0.25, 0.3) is 5.91 Å². The molecule has 0 aliphatic heterocycles. The van der Waals surface area contributed by atoms with Gasteiger partial charge >= 0.3 is 11.9 Å². The molecule has 4 N–H and O–H groups in total. The van der Waals surface area contributed by atoms with E-state index in [0.717, 1.165) is 24.0 Å². The Morgan fingerprint density at radius 2 is 1.83 bits per heavy atom. The van der Waals surface area contributed by atoms with E-state index >= 15 is 0 Å². The standard InChI is InChI=1S/C25H28N6O5/c1-31-22(26-11-13-2-4-14(5-3-13)24(33)34)20-19(30-31)21(28-12-27-20)23(32)29-18-9-7-15-10-16(25(35)36)6-8-17(15)18/h6,8,10,12-14,18,26H,2-5,7,9,11H2,1H3,(H,29,32)(H,33,34)(H,35,36)/t13?,14?,18-/m0/s1. The van der Waals surface area contributed by atoms with E-state index in [1.165, 1.54) is 6.33 Å². The molecule has 0 unspecified atom stereocenters. The summed E-state index contributed by atoms with van der Waals surface area (Å²) in [4.78, 5) is 44.2. The van der Waals surface area contributed by atoms with Gasteiger partial charge in [-0.3, -0.25) is 14.3 Å². The molecule has 188 valence electrons. The van der Waals surface area contributed by atoms with Crippen LogP contribution in [0.4, 0.5) is 5.82 Å². The first-order valence-corrected chi connectivity index (χ1v) is 12.1. The normalized spacial score (nSPS) is 21.2. The number of fused-ring (bicyclic) bond motifs is 2. The van der Waals surface area contributed by atoms with E-state index in [0.29, 0.717) is 55.0 Å². The van der Waals surface area contributed by atoms with Crippen molar-refractivity contribution in [3.63, 3.8) is 0 Å². The smallest absolute Gasteiger partial charge is 0.335 e. The zero-order chi connectivity index (χ0) is 25.4. The SMILES string of the molecule is Cn1nc2c(C(=O)N[C@H]3CCc4cc(C(=O)O)ccc43)ncnc2c1NCC1CCC(C(=O)O)CC1. The second kappa shape index (κ2) is 9.56. The fourth-order valence-corrected chi connectivity index (χ4v) is 5.35. The fourth-order valence-electron chi connectivity index (χ4n) is 5.35. The Bertz CT molecular complexity index is 1340.